The van der Waals surface area contributed by atoms with Crippen molar-refractivity contribution in [3.05, 3.63) is 66.5 Å². The second-order valence-corrected chi connectivity index (χ2v) is 9.72. The fourth-order valence-corrected chi connectivity index (χ4v) is 5.36. The molecule has 0 N–H and O–H groups in total. The van der Waals surface area contributed by atoms with Gasteiger partial charge in [-0.05, 0) is 24.3 Å². The molecule has 8 nitrogen and oxygen atoms in total. The fourth-order valence-electron chi connectivity index (χ4n) is 5.36. The largest absolute Gasteiger partial charge is 0.378 e. The first-order valence-corrected chi connectivity index (χ1v) is 13.3. The van der Waals surface area contributed by atoms with Crippen molar-refractivity contribution in [3.8, 4) is 0 Å². The third kappa shape index (κ3) is 5.27. The minimum atomic E-state index is -0.168. The van der Waals surface area contributed by atoms with Crippen LogP contribution in [0, 0.1) is 5.82 Å². The molecule has 6 rings (SSSR count). The lowest BCUT2D eigenvalue weighted by molar-refractivity contribution is 0.122. The van der Waals surface area contributed by atoms with Crippen LogP contribution in [0.5, 0.6) is 0 Å². The molecule has 9 heteroatoms. The van der Waals surface area contributed by atoms with Crippen molar-refractivity contribution in [3.63, 3.8) is 0 Å². The van der Waals surface area contributed by atoms with Crippen molar-refractivity contribution in [2.75, 3.05) is 103 Å². The van der Waals surface area contributed by atoms with Crippen molar-refractivity contribution in [2.24, 2.45) is 0 Å². The number of morpholine rings is 1. The molecule has 0 unspecified atom stereocenters. The molecule has 4 heterocycles. The van der Waals surface area contributed by atoms with Gasteiger partial charge in [0.15, 0.2) is 0 Å². The number of halogens is 1. The highest BCUT2D eigenvalue weighted by Gasteiger charge is 2.25. The van der Waals surface area contributed by atoms with Crippen molar-refractivity contribution in [1.29, 1.82) is 0 Å². The van der Waals surface area contributed by atoms with Crippen LogP contribution in [0.3, 0.4) is 0 Å². The lowest BCUT2D eigenvalue weighted by Gasteiger charge is -2.39. The molecule has 0 aliphatic carbocycles. The van der Waals surface area contributed by atoms with Gasteiger partial charge in [-0.1, -0.05) is 30.3 Å². The van der Waals surface area contributed by atoms with E-state index < -0.39 is 0 Å². The Morgan fingerprint density at radius 2 is 1.11 bits per heavy atom. The summed E-state index contributed by atoms with van der Waals surface area (Å²) in [6, 6.07) is 19.8. The van der Waals surface area contributed by atoms with Crippen LogP contribution < -0.4 is 24.5 Å². The molecule has 1 aromatic heterocycles. The Hall–Kier alpha value is -3.59. The van der Waals surface area contributed by atoms with Gasteiger partial charge in [-0.2, -0.15) is 9.97 Å². The Bertz CT molecular complexity index is 1170. The lowest BCUT2D eigenvalue weighted by Crippen LogP contribution is -2.48. The summed E-state index contributed by atoms with van der Waals surface area (Å²) in [4.78, 5) is 21.5. The second-order valence-electron chi connectivity index (χ2n) is 9.72. The van der Waals surface area contributed by atoms with Gasteiger partial charge in [0.2, 0.25) is 5.95 Å². The maximum Gasteiger partial charge on any atom is 0.229 e. The van der Waals surface area contributed by atoms with Gasteiger partial charge in [0.05, 0.1) is 18.9 Å². The summed E-state index contributed by atoms with van der Waals surface area (Å²) in [7, 11) is 0. The Morgan fingerprint density at radius 1 is 0.568 bits per heavy atom. The molecule has 0 saturated carbocycles. The van der Waals surface area contributed by atoms with Crippen LogP contribution in [0.2, 0.25) is 0 Å². The van der Waals surface area contributed by atoms with Crippen LogP contribution in [0.1, 0.15) is 0 Å². The number of benzene rings is 2. The molecule has 0 bridgehead atoms. The predicted molar refractivity (Wildman–Crippen MR) is 147 cm³/mol. The molecule has 194 valence electrons. The van der Waals surface area contributed by atoms with E-state index >= 15 is 0 Å². The number of ether oxygens (including phenoxy) is 1. The van der Waals surface area contributed by atoms with E-state index in [1.165, 1.54) is 11.8 Å². The second kappa shape index (κ2) is 10.8. The monoisotopic (exact) mass is 503 g/mol. The fraction of sp³-hybridized carbons (Fsp3) is 0.429. The van der Waals surface area contributed by atoms with Crippen LogP contribution in [0.15, 0.2) is 60.7 Å². The topological polar surface area (TPSA) is 51.2 Å². The predicted octanol–water partition coefficient (Wildman–Crippen LogP) is 3.11. The number of nitrogens with zero attached hydrogens (tertiary/aromatic N) is 7. The van der Waals surface area contributed by atoms with Crippen molar-refractivity contribution < 1.29 is 9.13 Å². The first-order chi connectivity index (χ1) is 18.2. The minimum Gasteiger partial charge on any atom is -0.378 e. The molecule has 2 aromatic carbocycles. The van der Waals surface area contributed by atoms with E-state index in [9.17, 15) is 4.39 Å². The highest BCUT2D eigenvalue weighted by Crippen LogP contribution is 2.27. The summed E-state index contributed by atoms with van der Waals surface area (Å²) in [6.45, 7) is 9.80. The Balaban J connectivity index is 1.20. The third-order valence-electron chi connectivity index (χ3n) is 7.50. The van der Waals surface area contributed by atoms with Gasteiger partial charge in [0, 0.05) is 77.2 Å². The summed E-state index contributed by atoms with van der Waals surface area (Å²) < 4.78 is 19.9. The Morgan fingerprint density at radius 3 is 1.78 bits per heavy atom. The molecule has 3 aliphatic rings. The lowest BCUT2D eigenvalue weighted by atomic mass is 10.2. The van der Waals surface area contributed by atoms with E-state index in [0.29, 0.717) is 18.9 Å². The zero-order chi connectivity index (χ0) is 25.0. The van der Waals surface area contributed by atoms with E-state index in [0.717, 1.165) is 83.0 Å². The summed E-state index contributed by atoms with van der Waals surface area (Å²) in [6.07, 6.45) is 0. The van der Waals surface area contributed by atoms with Gasteiger partial charge in [-0.15, -0.1) is 0 Å². The summed E-state index contributed by atoms with van der Waals surface area (Å²) in [5.74, 6) is 2.54. The van der Waals surface area contributed by atoms with Crippen LogP contribution in [-0.4, -0.2) is 88.6 Å². The Labute approximate surface area is 217 Å². The number of hydrogen-bond acceptors (Lipinski definition) is 8. The van der Waals surface area contributed by atoms with E-state index in [1.807, 2.05) is 12.1 Å². The quantitative estimate of drug-likeness (QED) is 0.527. The van der Waals surface area contributed by atoms with Gasteiger partial charge in [-0.3, -0.25) is 0 Å². The summed E-state index contributed by atoms with van der Waals surface area (Å²) in [5, 5.41) is 0. The van der Waals surface area contributed by atoms with Crippen LogP contribution in [0.4, 0.5) is 33.3 Å². The van der Waals surface area contributed by atoms with E-state index in [4.69, 9.17) is 14.7 Å². The third-order valence-corrected chi connectivity index (χ3v) is 7.50. The number of rotatable bonds is 5. The van der Waals surface area contributed by atoms with Crippen LogP contribution in [0.25, 0.3) is 0 Å². The van der Waals surface area contributed by atoms with Crippen molar-refractivity contribution in [1.82, 2.24) is 9.97 Å². The molecule has 0 amide bonds. The molecule has 3 saturated heterocycles. The van der Waals surface area contributed by atoms with Crippen LogP contribution in [-0.2, 0) is 4.74 Å². The smallest absolute Gasteiger partial charge is 0.229 e. The first-order valence-electron chi connectivity index (χ1n) is 13.3. The number of anilines is 5. The van der Waals surface area contributed by atoms with Crippen molar-refractivity contribution in [2.45, 2.75) is 0 Å². The molecule has 3 aromatic rings. The Kier molecular flexibility index (Phi) is 6.94. The highest BCUT2D eigenvalue weighted by molar-refractivity contribution is 5.58. The minimum absolute atomic E-state index is 0.168. The molecule has 0 spiro atoms. The maximum absolute atomic E-state index is 14.3. The number of hydrogen-bond donors (Lipinski definition) is 0. The molecule has 37 heavy (non-hydrogen) atoms. The van der Waals surface area contributed by atoms with E-state index in [1.54, 1.807) is 6.07 Å². The number of para-hydroxylation sites is 2. The molecule has 3 aliphatic heterocycles. The molecular weight excluding hydrogens is 469 g/mol. The van der Waals surface area contributed by atoms with Gasteiger partial charge in [0.25, 0.3) is 0 Å². The van der Waals surface area contributed by atoms with Crippen molar-refractivity contribution >= 4 is 29.0 Å². The highest BCUT2D eigenvalue weighted by atomic mass is 19.1. The van der Waals surface area contributed by atoms with Gasteiger partial charge < -0.3 is 29.2 Å². The van der Waals surface area contributed by atoms with Gasteiger partial charge in [-0.25, -0.2) is 4.39 Å². The standard InChI is InChI=1S/C28H34FN7O/c29-24-8-4-5-9-25(24)33-12-16-36(17-13-33)28-30-26(22-27(31-28)35-18-20-37-21-19-35)34-14-10-32(11-15-34)23-6-2-1-3-7-23/h1-9,22H,10-21H2. The van der Waals surface area contributed by atoms with E-state index in [2.05, 4.69) is 60.9 Å². The zero-order valence-electron chi connectivity index (χ0n) is 21.2. The van der Waals surface area contributed by atoms with E-state index in [-0.39, 0.29) is 5.82 Å². The summed E-state index contributed by atoms with van der Waals surface area (Å²) >= 11 is 0. The molecule has 3 fully saturated rings. The summed E-state index contributed by atoms with van der Waals surface area (Å²) in [5.41, 5.74) is 1.94. The van der Waals surface area contributed by atoms with Crippen LogP contribution >= 0.6 is 0 Å². The first kappa shape index (κ1) is 23.8. The average molecular weight is 504 g/mol. The average Bonchev–Trinajstić information content (AvgIpc) is 2.98. The normalized spacial score (nSPS) is 18.9. The molecular formula is C28H34FN7O. The molecule has 0 atom stereocenters. The SMILES string of the molecule is Fc1ccccc1N1CCN(c2nc(N3CCOCC3)cc(N3CCN(c4ccccc4)CC3)n2)CC1. The van der Waals surface area contributed by atoms with Gasteiger partial charge >= 0.3 is 0 Å². The zero-order valence-corrected chi connectivity index (χ0v) is 21.2. The van der Waals surface area contributed by atoms with Gasteiger partial charge in [0.1, 0.15) is 17.5 Å². The maximum atomic E-state index is 14.3. The number of aromatic nitrogens is 2. The number of piperazine rings is 2. The molecule has 0 radical (unpaired) electrons.